The van der Waals surface area contributed by atoms with Gasteiger partial charge in [-0.25, -0.2) is 27.5 Å². The molecule has 1 fully saturated rings. The van der Waals surface area contributed by atoms with Crippen LogP contribution < -0.4 is 10.9 Å². The first-order chi connectivity index (χ1) is 17.0. The highest BCUT2D eigenvalue weighted by molar-refractivity contribution is 5.87. The molecule has 0 aliphatic carbocycles. The van der Waals surface area contributed by atoms with Crippen molar-refractivity contribution in [1.82, 2.24) is 19.9 Å². The smallest absolute Gasteiger partial charge is 0.266 e. The normalized spacial score (nSPS) is 16.4. The van der Waals surface area contributed by atoms with Gasteiger partial charge in [-0.05, 0) is 32.8 Å². The summed E-state index contributed by atoms with van der Waals surface area (Å²) in [6, 6.07) is 4.39. The maximum atomic E-state index is 14.7. The fraction of sp³-hybridized carbons (Fsp3) is 0.417. The van der Waals surface area contributed by atoms with Crippen molar-refractivity contribution in [3.05, 3.63) is 63.0 Å². The molecule has 8 nitrogen and oxygen atoms in total. The number of nitrogens with one attached hydrogen (secondary N) is 2. The summed E-state index contributed by atoms with van der Waals surface area (Å²) in [5.41, 5.74) is -2.68. The number of hydrogen-bond acceptors (Lipinski definition) is 6. The van der Waals surface area contributed by atoms with Crippen molar-refractivity contribution in [3.63, 3.8) is 0 Å². The number of amides is 1. The number of piperidine rings is 1. The topological polar surface area (TPSA) is 111 Å². The quantitative estimate of drug-likeness (QED) is 0.440. The third-order valence-corrected chi connectivity index (χ3v) is 6.49. The second-order valence-corrected chi connectivity index (χ2v) is 8.86. The van der Waals surface area contributed by atoms with Gasteiger partial charge in [0, 0.05) is 24.2 Å². The molecule has 3 aromatic rings. The number of anilines is 1. The predicted octanol–water partition coefficient (Wildman–Crippen LogP) is 3.66. The molecule has 1 aliphatic heterocycles. The lowest BCUT2D eigenvalue weighted by atomic mass is 9.84. The van der Waals surface area contributed by atoms with Gasteiger partial charge in [0.1, 0.15) is 23.1 Å². The summed E-state index contributed by atoms with van der Waals surface area (Å²) < 4.78 is 53.8. The third-order valence-electron chi connectivity index (χ3n) is 6.49. The average molecular weight is 507 g/mol. The fourth-order valence-electron chi connectivity index (χ4n) is 4.49. The number of aryl methyl sites for hydroxylation is 1. The van der Waals surface area contributed by atoms with Crippen LogP contribution in [0.4, 0.5) is 23.4 Å². The first kappa shape index (κ1) is 25.5. The van der Waals surface area contributed by atoms with Crippen molar-refractivity contribution >= 4 is 22.8 Å². The molecule has 0 unspecified atom stereocenters. The molecule has 1 amide bonds. The minimum absolute atomic E-state index is 0.00499. The molecule has 12 heteroatoms. The number of aromatic amines is 1. The zero-order chi connectivity index (χ0) is 26.2. The maximum absolute atomic E-state index is 14.7. The van der Waals surface area contributed by atoms with E-state index in [1.165, 1.54) is 23.1 Å². The summed E-state index contributed by atoms with van der Waals surface area (Å²) in [6.07, 6.45) is -2.94. The summed E-state index contributed by atoms with van der Waals surface area (Å²) in [5, 5.41) is 14.6. The fourth-order valence-corrected chi connectivity index (χ4v) is 4.49. The van der Waals surface area contributed by atoms with E-state index in [1.54, 1.807) is 13.8 Å². The number of fused-ring (bicyclic) bond motifs is 1. The first-order valence-corrected chi connectivity index (χ1v) is 11.4. The van der Waals surface area contributed by atoms with Gasteiger partial charge >= 0.3 is 0 Å². The number of aliphatic hydroxyl groups is 1. The van der Waals surface area contributed by atoms with E-state index in [4.69, 9.17) is 0 Å². The molecule has 4 rings (SSSR count). The number of carbonyl (C=O) groups excluding carboxylic acids is 1. The largest absolute Gasteiger partial charge is 0.385 e. The van der Waals surface area contributed by atoms with Crippen molar-refractivity contribution in [2.45, 2.75) is 44.8 Å². The summed E-state index contributed by atoms with van der Waals surface area (Å²) in [5.74, 6) is -1.21. The Hall–Kier alpha value is -3.54. The Labute approximate surface area is 203 Å². The number of rotatable bonds is 6. The number of aromatic nitrogens is 3. The van der Waals surface area contributed by atoms with Crippen LogP contribution in [0, 0.1) is 12.7 Å². The van der Waals surface area contributed by atoms with E-state index in [2.05, 4.69) is 20.3 Å². The number of pyridine rings is 1. The van der Waals surface area contributed by atoms with Crippen LogP contribution in [0.25, 0.3) is 11.0 Å². The van der Waals surface area contributed by atoms with Crippen LogP contribution in [-0.2, 0) is 10.4 Å². The zero-order valence-corrected chi connectivity index (χ0v) is 19.6. The molecule has 1 saturated heterocycles. The van der Waals surface area contributed by atoms with Gasteiger partial charge in [0.05, 0.1) is 22.6 Å². The lowest BCUT2D eigenvalue weighted by molar-refractivity contribution is -0.136. The lowest BCUT2D eigenvalue weighted by Gasteiger charge is -2.37. The SMILES string of the molecule is Cc1nc(N[C@H](C)c2cccc(C(F)F)c2F)c2cc(C3(O)CCN(C(=O)CF)CC3)c(=O)[nH]c2n1. The first-order valence-electron chi connectivity index (χ1n) is 11.4. The Balaban J connectivity index is 1.71. The number of likely N-dealkylation sites (tertiary alicyclic amines) is 1. The highest BCUT2D eigenvalue weighted by atomic mass is 19.3. The van der Waals surface area contributed by atoms with Gasteiger partial charge in [-0.2, -0.15) is 0 Å². The van der Waals surface area contributed by atoms with Crippen molar-refractivity contribution in [1.29, 1.82) is 0 Å². The van der Waals surface area contributed by atoms with Crippen LogP contribution in [0.3, 0.4) is 0 Å². The Kier molecular flexibility index (Phi) is 6.98. The van der Waals surface area contributed by atoms with E-state index in [9.17, 15) is 32.3 Å². The Bertz CT molecular complexity index is 1360. The van der Waals surface area contributed by atoms with Crippen molar-refractivity contribution in [2.75, 3.05) is 25.1 Å². The molecule has 1 aliphatic rings. The Morgan fingerprint density at radius 2 is 1.92 bits per heavy atom. The molecule has 0 saturated carbocycles. The van der Waals surface area contributed by atoms with Crippen molar-refractivity contribution in [2.24, 2.45) is 0 Å². The molecule has 2 aromatic heterocycles. The van der Waals surface area contributed by atoms with Gasteiger partial charge in [0.15, 0.2) is 6.67 Å². The van der Waals surface area contributed by atoms with Crippen LogP contribution in [-0.4, -0.2) is 50.6 Å². The molecular formula is C24H25F4N5O3. The van der Waals surface area contributed by atoms with E-state index in [-0.39, 0.29) is 48.5 Å². The second-order valence-electron chi connectivity index (χ2n) is 8.86. The molecule has 1 aromatic carbocycles. The summed E-state index contributed by atoms with van der Waals surface area (Å²) >= 11 is 0. The minimum atomic E-state index is -2.97. The average Bonchev–Trinajstić information content (AvgIpc) is 2.83. The van der Waals surface area contributed by atoms with Crippen LogP contribution in [0.2, 0.25) is 0 Å². The van der Waals surface area contributed by atoms with Gasteiger partial charge in [-0.3, -0.25) is 9.59 Å². The van der Waals surface area contributed by atoms with Crippen LogP contribution >= 0.6 is 0 Å². The van der Waals surface area contributed by atoms with Gasteiger partial charge in [0.2, 0.25) is 0 Å². The molecule has 0 spiro atoms. The molecule has 1 atom stereocenters. The third kappa shape index (κ3) is 4.77. The molecular weight excluding hydrogens is 482 g/mol. The van der Waals surface area contributed by atoms with E-state index in [0.717, 1.165) is 6.07 Å². The highest BCUT2D eigenvalue weighted by Gasteiger charge is 2.38. The minimum Gasteiger partial charge on any atom is -0.385 e. The predicted molar refractivity (Wildman–Crippen MR) is 124 cm³/mol. The molecule has 36 heavy (non-hydrogen) atoms. The number of nitrogens with zero attached hydrogens (tertiary/aromatic N) is 3. The summed E-state index contributed by atoms with van der Waals surface area (Å²) in [7, 11) is 0. The van der Waals surface area contributed by atoms with Crippen molar-refractivity contribution in [3.8, 4) is 0 Å². The van der Waals surface area contributed by atoms with Crippen LogP contribution in [0.5, 0.6) is 0 Å². The zero-order valence-electron chi connectivity index (χ0n) is 19.6. The number of carbonyl (C=O) groups is 1. The highest BCUT2D eigenvalue weighted by Crippen LogP contribution is 2.34. The molecule has 3 N–H and O–H groups in total. The van der Waals surface area contributed by atoms with Gasteiger partial charge < -0.3 is 20.3 Å². The van der Waals surface area contributed by atoms with Gasteiger partial charge in [-0.1, -0.05) is 18.2 Å². The van der Waals surface area contributed by atoms with Crippen LogP contribution in [0.15, 0.2) is 29.1 Å². The van der Waals surface area contributed by atoms with E-state index in [0.29, 0.717) is 11.2 Å². The number of alkyl halides is 3. The monoisotopic (exact) mass is 507 g/mol. The Morgan fingerprint density at radius 3 is 2.56 bits per heavy atom. The number of benzene rings is 1. The van der Waals surface area contributed by atoms with Gasteiger partial charge in [0.25, 0.3) is 17.9 Å². The molecule has 3 heterocycles. The molecule has 0 radical (unpaired) electrons. The number of halogens is 4. The Morgan fingerprint density at radius 1 is 1.25 bits per heavy atom. The van der Waals surface area contributed by atoms with Gasteiger partial charge in [-0.15, -0.1) is 0 Å². The molecule has 192 valence electrons. The van der Waals surface area contributed by atoms with E-state index < -0.39 is 47.6 Å². The summed E-state index contributed by atoms with van der Waals surface area (Å²) in [6.45, 7) is 2.17. The van der Waals surface area contributed by atoms with E-state index >= 15 is 0 Å². The number of H-pyrrole nitrogens is 1. The lowest BCUT2D eigenvalue weighted by Crippen LogP contribution is -2.47. The number of hydrogen-bond donors (Lipinski definition) is 3. The summed E-state index contributed by atoms with van der Waals surface area (Å²) in [4.78, 5) is 37.0. The maximum Gasteiger partial charge on any atom is 0.266 e. The second kappa shape index (κ2) is 9.84. The van der Waals surface area contributed by atoms with Crippen molar-refractivity contribution < 1.29 is 27.5 Å². The van der Waals surface area contributed by atoms with E-state index in [1.807, 2.05) is 0 Å². The standard InChI is InChI=1S/C24H25F4N5O3/c1-12(14-4-3-5-15(19(14)26)20(27)28)29-21-16-10-17(23(35)32-22(16)31-13(2)30-21)24(36)6-8-33(9-7-24)18(34)11-25/h3-5,10,12,20,36H,6-9,11H2,1-2H3,(H2,29,30,31,32,35)/t12-/m1/s1. The molecule has 0 bridgehead atoms. The van der Waals surface area contributed by atoms with Crippen LogP contribution in [0.1, 0.15) is 54.7 Å².